The lowest BCUT2D eigenvalue weighted by molar-refractivity contribution is -0.106. The predicted octanol–water partition coefficient (Wildman–Crippen LogP) is 2.99. The zero-order chi connectivity index (χ0) is 13.9. The van der Waals surface area contributed by atoms with Crippen LogP contribution < -0.4 is 5.32 Å². The molecule has 3 unspecified atom stereocenters. The summed E-state index contributed by atoms with van der Waals surface area (Å²) in [7, 11) is 0. The highest BCUT2D eigenvalue weighted by Crippen LogP contribution is 2.39. The maximum Gasteiger partial charge on any atom is 0.0939 e. The third-order valence-electron chi connectivity index (χ3n) is 4.66. The molecule has 2 aliphatic heterocycles. The summed E-state index contributed by atoms with van der Waals surface area (Å²) in [5, 5.41) is 3.60. The first kappa shape index (κ1) is 15.3. The van der Waals surface area contributed by atoms with Crippen molar-refractivity contribution in [3.63, 3.8) is 0 Å². The zero-order valence-electron chi connectivity index (χ0n) is 13.1. The molecule has 3 nitrogen and oxygen atoms in total. The topological polar surface area (TPSA) is 30.5 Å². The van der Waals surface area contributed by atoms with Crippen LogP contribution in [0.15, 0.2) is 0 Å². The van der Waals surface area contributed by atoms with Gasteiger partial charge in [0.15, 0.2) is 0 Å². The van der Waals surface area contributed by atoms with Gasteiger partial charge in [0.25, 0.3) is 0 Å². The van der Waals surface area contributed by atoms with Crippen molar-refractivity contribution in [2.75, 3.05) is 26.4 Å². The summed E-state index contributed by atoms with van der Waals surface area (Å²) in [6.07, 6.45) is 4.78. The number of hydrogen-bond donors (Lipinski definition) is 1. The molecule has 2 rings (SSSR count). The minimum Gasteiger partial charge on any atom is -0.378 e. The second kappa shape index (κ2) is 6.11. The van der Waals surface area contributed by atoms with Gasteiger partial charge in [0.1, 0.15) is 0 Å². The van der Waals surface area contributed by atoms with Gasteiger partial charge in [0.05, 0.1) is 12.2 Å². The first-order chi connectivity index (χ1) is 8.90. The van der Waals surface area contributed by atoms with Gasteiger partial charge in [-0.3, -0.25) is 0 Å². The summed E-state index contributed by atoms with van der Waals surface area (Å²) in [5.41, 5.74) is 0.296. The normalized spacial score (nSPS) is 33.8. The molecule has 0 bridgehead atoms. The lowest BCUT2D eigenvalue weighted by Gasteiger charge is -2.39. The first-order valence-corrected chi connectivity index (χ1v) is 7.87. The van der Waals surface area contributed by atoms with E-state index in [2.05, 4.69) is 33.0 Å². The van der Waals surface area contributed by atoms with E-state index >= 15 is 0 Å². The Morgan fingerprint density at radius 1 is 1.32 bits per heavy atom. The molecule has 2 aliphatic rings. The van der Waals surface area contributed by atoms with Gasteiger partial charge < -0.3 is 14.8 Å². The highest BCUT2D eigenvalue weighted by molar-refractivity contribution is 4.91. The molecule has 19 heavy (non-hydrogen) atoms. The van der Waals surface area contributed by atoms with E-state index in [4.69, 9.17) is 9.47 Å². The molecular weight excluding hydrogens is 238 g/mol. The molecule has 0 aromatic rings. The Morgan fingerprint density at radius 3 is 2.74 bits per heavy atom. The molecule has 2 heterocycles. The van der Waals surface area contributed by atoms with E-state index < -0.39 is 0 Å². The van der Waals surface area contributed by atoms with Crippen LogP contribution in [0.3, 0.4) is 0 Å². The molecule has 0 amide bonds. The summed E-state index contributed by atoms with van der Waals surface area (Å²) in [6, 6.07) is 0. The highest BCUT2D eigenvalue weighted by Gasteiger charge is 2.42. The van der Waals surface area contributed by atoms with Crippen LogP contribution in [0.25, 0.3) is 0 Å². The number of ether oxygens (including phenoxy) is 2. The smallest absolute Gasteiger partial charge is 0.0939 e. The van der Waals surface area contributed by atoms with E-state index in [1.54, 1.807) is 0 Å². The van der Waals surface area contributed by atoms with Crippen molar-refractivity contribution in [3.05, 3.63) is 0 Å². The second-order valence-corrected chi connectivity index (χ2v) is 7.53. The lowest BCUT2D eigenvalue weighted by atomic mass is 9.77. The van der Waals surface area contributed by atoms with Crippen molar-refractivity contribution in [1.82, 2.24) is 5.32 Å². The summed E-state index contributed by atoms with van der Waals surface area (Å²) >= 11 is 0. The molecule has 1 N–H and O–H groups in total. The van der Waals surface area contributed by atoms with Crippen LogP contribution in [-0.4, -0.2) is 37.5 Å². The molecule has 0 aromatic carbocycles. The fraction of sp³-hybridized carbons (Fsp3) is 1.00. The molecule has 3 heteroatoms. The molecule has 2 fully saturated rings. The second-order valence-electron chi connectivity index (χ2n) is 7.53. The van der Waals surface area contributed by atoms with Crippen LogP contribution in [0, 0.1) is 11.8 Å². The molecule has 1 spiro atoms. The van der Waals surface area contributed by atoms with Crippen LogP contribution in [0.5, 0.6) is 0 Å². The Balaban J connectivity index is 1.77. The van der Waals surface area contributed by atoms with E-state index in [0.717, 1.165) is 44.6 Å². The summed E-state index contributed by atoms with van der Waals surface area (Å²) in [6.45, 7) is 12.8. The largest absolute Gasteiger partial charge is 0.378 e. The van der Waals surface area contributed by atoms with Crippen LogP contribution in [0.1, 0.15) is 53.4 Å². The highest BCUT2D eigenvalue weighted by atomic mass is 16.6. The molecule has 0 radical (unpaired) electrons. The minimum atomic E-state index is 0.0641. The Kier molecular flexibility index (Phi) is 4.91. The summed E-state index contributed by atoms with van der Waals surface area (Å²) in [5.74, 6) is 1.58. The fourth-order valence-corrected chi connectivity index (χ4v) is 3.33. The quantitative estimate of drug-likeness (QED) is 0.851. The van der Waals surface area contributed by atoms with E-state index in [1.165, 1.54) is 19.3 Å². The van der Waals surface area contributed by atoms with Gasteiger partial charge in [0.2, 0.25) is 0 Å². The van der Waals surface area contributed by atoms with Gasteiger partial charge in [-0.25, -0.2) is 0 Å². The fourth-order valence-electron chi connectivity index (χ4n) is 3.33. The van der Waals surface area contributed by atoms with Crippen molar-refractivity contribution >= 4 is 0 Å². The number of hydrogen-bond acceptors (Lipinski definition) is 3. The standard InChI is InChI=1S/C16H31NO2/c1-13(5-8-17-15(2,3)4)14-6-9-19-16(11-14)7-10-18-12-16/h13-14,17H,5-12H2,1-4H3. The van der Waals surface area contributed by atoms with Gasteiger partial charge in [-0.15, -0.1) is 0 Å². The number of nitrogens with one attached hydrogen (secondary N) is 1. The predicted molar refractivity (Wildman–Crippen MR) is 78.4 cm³/mol. The Bertz CT molecular complexity index is 279. The lowest BCUT2D eigenvalue weighted by Crippen LogP contribution is -2.42. The number of rotatable bonds is 4. The van der Waals surface area contributed by atoms with Crippen molar-refractivity contribution in [1.29, 1.82) is 0 Å². The maximum absolute atomic E-state index is 6.02. The third-order valence-corrected chi connectivity index (χ3v) is 4.66. The van der Waals surface area contributed by atoms with Crippen molar-refractivity contribution in [3.8, 4) is 0 Å². The van der Waals surface area contributed by atoms with Crippen LogP contribution in [0.2, 0.25) is 0 Å². The minimum absolute atomic E-state index is 0.0641. The summed E-state index contributed by atoms with van der Waals surface area (Å²) in [4.78, 5) is 0. The first-order valence-electron chi connectivity index (χ1n) is 7.87. The van der Waals surface area contributed by atoms with Crippen molar-refractivity contribution in [2.24, 2.45) is 11.8 Å². The molecule has 0 saturated carbocycles. The van der Waals surface area contributed by atoms with Gasteiger partial charge in [-0.1, -0.05) is 6.92 Å². The average Bonchev–Trinajstić information content (AvgIpc) is 2.75. The van der Waals surface area contributed by atoms with Gasteiger partial charge >= 0.3 is 0 Å². The molecular formula is C16H31NO2. The van der Waals surface area contributed by atoms with E-state index in [9.17, 15) is 0 Å². The Morgan fingerprint density at radius 2 is 2.11 bits per heavy atom. The van der Waals surface area contributed by atoms with Gasteiger partial charge in [-0.05, 0) is 58.4 Å². The van der Waals surface area contributed by atoms with Gasteiger partial charge in [-0.2, -0.15) is 0 Å². The molecule has 3 atom stereocenters. The van der Waals surface area contributed by atoms with E-state index in [0.29, 0.717) is 0 Å². The SMILES string of the molecule is CC(CCNC(C)(C)C)C1CCOC2(CCOC2)C1. The average molecular weight is 269 g/mol. The maximum atomic E-state index is 6.02. The molecule has 2 saturated heterocycles. The Labute approximate surface area is 118 Å². The van der Waals surface area contributed by atoms with Crippen LogP contribution in [-0.2, 0) is 9.47 Å². The van der Waals surface area contributed by atoms with E-state index in [-0.39, 0.29) is 11.1 Å². The summed E-state index contributed by atoms with van der Waals surface area (Å²) < 4.78 is 11.6. The zero-order valence-corrected chi connectivity index (χ0v) is 13.1. The Hall–Kier alpha value is -0.120. The molecule has 0 aliphatic carbocycles. The third kappa shape index (κ3) is 4.44. The van der Waals surface area contributed by atoms with Crippen LogP contribution in [0.4, 0.5) is 0 Å². The van der Waals surface area contributed by atoms with Crippen molar-refractivity contribution < 1.29 is 9.47 Å². The van der Waals surface area contributed by atoms with Crippen LogP contribution >= 0.6 is 0 Å². The van der Waals surface area contributed by atoms with Gasteiger partial charge in [0, 0.05) is 25.2 Å². The van der Waals surface area contributed by atoms with Crippen molar-refractivity contribution in [2.45, 2.75) is 64.5 Å². The molecule has 112 valence electrons. The molecule has 0 aromatic heterocycles. The van der Waals surface area contributed by atoms with E-state index in [1.807, 2.05) is 0 Å². The monoisotopic (exact) mass is 269 g/mol.